The van der Waals surface area contributed by atoms with Crippen molar-refractivity contribution in [1.82, 2.24) is 10.2 Å². The summed E-state index contributed by atoms with van der Waals surface area (Å²) >= 11 is 0. The summed E-state index contributed by atoms with van der Waals surface area (Å²) < 4.78 is 0. The summed E-state index contributed by atoms with van der Waals surface area (Å²) in [6.45, 7) is 2.73. The Kier molecular flexibility index (Phi) is 5.01. The van der Waals surface area contributed by atoms with Crippen LogP contribution < -0.4 is 16.8 Å². The SMILES string of the molecule is CC(C(=O)NC(N)=O)N(C)CCN. The zero-order chi connectivity index (χ0) is 10.4. The van der Waals surface area contributed by atoms with Crippen LogP contribution >= 0.6 is 0 Å². The molecule has 0 aromatic rings. The molecular formula is C7H16N4O2. The molecule has 6 nitrogen and oxygen atoms in total. The molecule has 3 amide bonds. The second-order valence-corrected chi connectivity index (χ2v) is 2.80. The van der Waals surface area contributed by atoms with Crippen molar-refractivity contribution in [2.24, 2.45) is 11.5 Å². The van der Waals surface area contributed by atoms with Crippen molar-refractivity contribution < 1.29 is 9.59 Å². The van der Waals surface area contributed by atoms with E-state index in [4.69, 9.17) is 11.5 Å². The molecule has 0 aliphatic rings. The molecule has 1 unspecified atom stereocenters. The highest BCUT2D eigenvalue weighted by Crippen LogP contribution is 1.93. The molecule has 0 aromatic carbocycles. The lowest BCUT2D eigenvalue weighted by molar-refractivity contribution is -0.124. The average Bonchev–Trinajstić information content (AvgIpc) is 2.02. The third-order valence-corrected chi connectivity index (χ3v) is 1.77. The van der Waals surface area contributed by atoms with Crippen molar-refractivity contribution >= 4 is 11.9 Å². The first-order valence-electron chi connectivity index (χ1n) is 3.99. The number of primary amides is 1. The van der Waals surface area contributed by atoms with Gasteiger partial charge in [-0.15, -0.1) is 0 Å². The van der Waals surface area contributed by atoms with Gasteiger partial charge in [-0.2, -0.15) is 0 Å². The Balaban J connectivity index is 4.01. The molecular weight excluding hydrogens is 172 g/mol. The lowest BCUT2D eigenvalue weighted by atomic mass is 10.3. The van der Waals surface area contributed by atoms with E-state index in [0.717, 1.165) is 0 Å². The van der Waals surface area contributed by atoms with Gasteiger partial charge in [0.25, 0.3) is 0 Å². The number of amides is 3. The first-order chi connectivity index (χ1) is 5.99. The number of carbonyl (C=O) groups excluding carboxylic acids is 2. The predicted octanol–water partition coefficient (Wildman–Crippen LogP) is -1.54. The maximum Gasteiger partial charge on any atom is 0.318 e. The molecule has 0 bridgehead atoms. The topological polar surface area (TPSA) is 101 Å². The number of hydrogen-bond donors (Lipinski definition) is 3. The summed E-state index contributed by atoms with van der Waals surface area (Å²) in [5.41, 5.74) is 10.1. The number of rotatable bonds is 4. The van der Waals surface area contributed by atoms with E-state index in [9.17, 15) is 9.59 Å². The lowest BCUT2D eigenvalue weighted by Gasteiger charge is -2.22. The Hall–Kier alpha value is -1.14. The van der Waals surface area contributed by atoms with E-state index in [1.807, 2.05) is 5.32 Å². The summed E-state index contributed by atoms with van der Waals surface area (Å²) in [4.78, 5) is 23.3. The summed E-state index contributed by atoms with van der Waals surface area (Å²) in [6.07, 6.45) is 0. The fourth-order valence-corrected chi connectivity index (χ4v) is 0.823. The second-order valence-electron chi connectivity index (χ2n) is 2.80. The Morgan fingerprint density at radius 2 is 2.08 bits per heavy atom. The van der Waals surface area contributed by atoms with Gasteiger partial charge in [0.15, 0.2) is 0 Å². The maximum atomic E-state index is 11.2. The van der Waals surface area contributed by atoms with E-state index in [0.29, 0.717) is 13.1 Å². The number of imide groups is 1. The molecule has 0 aliphatic heterocycles. The minimum Gasteiger partial charge on any atom is -0.351 e. The Morgan fingerprint density at radius 1 is 1.54 bits per heavy atom. The van der Waals surface area contributed by atoms with Crippen molar-refractivity contribution in [3.63, 3.8) is 0 Å². The van der Waals surface area contributed by atoms with Crippen LogP contribution in [0.1, 0.15) is 6.92 Å². The van der Waals surface area contributed by atoms with Crippen LogP contribution in [0, 0.1) is 0 Å². The molecule has 6 heteroatoms. The molecule has 0 fully saturated rings. The van der Waals surface area contributed by atoms with Gasteiger partial charge in [0, 0.05) is 13.1 Å². The van der Waals surface area contributed by atoms with Gasteiger partial charge in [0.05, 0.1) is 6.04 Å². The van der Waals surface area contributed by atoms with Crippen molar-refractivity contribution in [3.8, 4) is 0 Å². The molecule has 5 N–H and O–H groups in total. The van der Waals surface area contributed by atoms with Gasteiger partial charge >= 0.3 is 6.03 Å². The van der Waals surface area contributed by atoms with E-state index >= 15 is 0 Å². The van der Waals surface area contributed by atoms with Crippen molar-refractivity contribution in [1.29, 1.82) is 0 Å². The van der Waals surface area contributed by atoms with E-state index in [1.165, 1.54) is 0 Å². The predicted molar refractivity (Wildman–Crippen MR) is 48.9 cm³/mol. The standard InChI is InChI=1S/C7H16N4O2/c1-5(11(2)4-3-8)6(12)10-7(9)13/h5H,3-4,8H2,1-2H3,(H3,9,10,12,13). The highest BCUT2D eigenvalue weighted by atomic mass is 16.2. The third-order valence-electron chi connectivity index (χ3n) is 1.77. The Labute approximate surface area is 77.2 Å². The zero-order valence-corrected chi connectivity index (χ0v) is 7.91. The molecule has 1 atom stereocenters. The van der Waals surface area contributed by atoms with Crippen molar-refractivity contribution in [2.75, 3.05) is 20.1 Å². The second kappa shape index (κ2) is 5.50. The lowest BCUT2D eigenvalue weighted by Crippen LogP contribution is -2.48. The molecule has 0 aromatic heterocycles. The minimum absolute atomic E-state index is 0.406. The maximum absolute atomic E-state index is 11.2. The number of nitrogens with two attached hydrogens (primary N) is 2. The van der Waals surface area contributed by atoms with Crippen LogP contribution in [-0.4, -0.2) is 43.0 Å². The first kappa shape index (κ1) is 11.9. The van der Waals surface area contributed by atoms with Crippen molar-refractivity contribution in [2.45, 2.75) is 13.0 Å². The third kappa shape index (κ3) is 4.44. The first-order valence-corrected chi connectivity index (χ1v) is 3.99. The summed E-state index contributed by atoms with van der Waals surface area (Å²) in [7, 11) is 1.75. The Bertz CT molecular complexity index is 195. The normalized spacial score (nSPS) is 12.6. The highest BCUT2D eigenvalue weighted by molar-refractivity contribution is 5.96. The highest BCUT2D eigenvalue weighted by Gasteiger charge is 2.17. The van der Waals surface area contributed by atoms with Gasteiger partial charge in [0.1, 0.15) is 0 Å². The van der Waals surface area contributed by atoms with Crippen molar-refractivity contribution in [3.05, 3.63) is 0 Å². The number of nitrogens with zero attached hydrogens (tertiary/aromatic N) is 1. The average molecular weight is 188 g/mol. The smallest absolute Gasteiger partial charge is 0.318 e. The summed E-state index contributed by atoms with van der Waals surface area (Å²) in [6, 6.07) is -1.24. The molecule has 13 heavy (non-hydrogen) atoms. The van der Waals surface area contributed by atoms with Gasteiger partial charge in [0.2, 0.25) is 5.91 Å². The summed E-state index contributed by atoms with van der Waals surface area (Å²) in [5, 5.41) is 2.00. The monoisotopic (exact) mass is 188 g/mol. The molecule has 0 heterocycles. The van der Waals surface area contributed by atoms with Gasteiger partial charge in [-0.05, 0) is 14.0 Å². The van der Waals surface area contributed by atoms with Gasteiger partial charge < -0.3 is 11.5 Å². The molecule has 0 aliphatic carbocycles. The van der Waals surface area contributed by atoms with Crippen LogP contribution in [0.5, 0.6) is 0 Å². The molecule has 0 radical (unpaired) electrons. The largest absolute Gasteiger partial charge is 0.351 e. The molecule has 0 rings (SSSR count). The molecule has 0 saturated heterocycles. The van der Waals surface area contributed by atoms with E-state index in [-0.39, 0.29) is 0 Å². The van der Waals surface area contributed by atoms with Gasteiger partial charge in [-0.3, -0.25) is 15.0 Å². The zero-order valence-electron chi connectivity index (χ0n) is 7.91. The van der Waals surface area contributed by atoms with Crippen LogP contribution in [0.2, 0.25) is 0 Å². The number of carbonyl (C=O) groups is 2. The number of hydrogen-bond acceptors (Lipinski definition) is 4. The number of nitrogens with one attached hydrogen (secondary N) is 1. The Morgan fingerprint density at radius 3 is 2.46 bits per heavy atom. The van der Waals surface area contributed by atoms with Crippen LogP contribution in [0.25, 0.3) is 0 Å². The van der Waals surface area contributed by atoms with E-state index in [2.05, 4.69) is 0 Å². The summed E-state index contributed by atoms with van der Waals surface area (Å²) in [5.74, 6) is -0.413. The number of likely N-dealkylation sites (N-methyl/N-ethyl adjacent to an activating group) is 1. The molecule has 76 valence electrons. The van der Waals surface area contributed by atoms with E-state index < -0.39 is 18.0 Å². The van der Waals surface area contributed by atoms with Gasteiger partial charge in [-0.1, -0.05) is 0 Å². The molecule has 0 saturated carbocycles. The fraction of sp³-hybridized carbons (Fsp3) is 0.714. The fourth-order valence-electron chi connectivity index (χ4n) is 0.823. The quantitative estimate of drug-likeness (QED) is 0.497. The van der Waals surface area contributed by atoms with Crippen LogP contribution in [-0.2, 0) is 4.79 Å². The van der Waals surface area contributed by atoms with Crippen LogP contribution in [0.15, 0.2) is 0 Å². The van der Waals surface area contributed by atoms with E-state index in [1.54, 1.807) is 18.9 Å². The van der Waals surface area contributed by atoms with Gasteiger partial charge in [-0.25, -0.2) is 4.79 Å². The minimum atomic E-state index is -0.835. The van der Waals surface area contributed by atoms with Crippen LogP contribution in [0.3, 0.4) is 0 Å². The molecule has 0 spiro atoms. The van der Waals surface area contributed by atoms with Crippen LogP contribution in [0.4, 0.5) is 4.79 Å². The number of urea groups is 1.